The van der Waals surface area contributed by atoms with E-state index < -0.39 is 0 Å². The summed E-state index contributed by atoms with van der Waals surface area (Å²) in [5.41, 5.74) is 7.91. The zero-order chi connectivity index (χ0) is 14.4. The summed E-state index contributed by atoms with van der Waals surface area (Å²) in [4.78, 5) is 12.7. The number of rotatable bonds is 2. The molecule has 0 aliphatic heterocycles. The normalized spacial score (nSPS) is 20.6. The molecule has 2 aromatic carbocycles. The van der Waals surface area contributed by atoms with E-state index >= 15 is 0 Å². The first-order chi connectivity index (χ1) is 10.3. The molecule has 1 saturated carbocycles. The first-order valence-corrected chi connectivity index (χ1v) is 7.08. The highest BCUT2D eigenvalue weighted by atomic mass is 16.2. The molecule has 1 aliphatic carbocycles. The molecule has 4 nitrogen and oxygen atoms in total. The molecule has 0 bridgehead atoms. The molecule has 4 heteroatoms. The summed E-state index contributed by atoms with van der Waals surface area (Å²) in [7, 11) is 0. The van der Waals surface area contributed by atoms with Crippen molar-refractivity contribution in [2.45, 2.75) is 12.3 Å². The molecule has 0 spiro atoms. The summed E-state index contributed by atoms with van der Waals surface area (Å²) in [6.07, 6.45) is 0.886. The van der Waals surface area contributed by atoms with Crippen molar-refractivity contribution in [3.8, 4) is 0 Å². The third-order valence-corrected chi connectivity index (χ3v) is 4.16. The molecular weight excluding hydrogens is 262 g/mol. The molecule has 104 valence electrons. The van der Waals surface area contributed by atoms with E-state index in [4.69, 9.17) is 5.73 Å². The van der Waals surface area contributed by atoms with Crippen molar-refractivity contribution in [3.63, 3.8) is 0 Å². The Morgan fingerprint density at radius 1 is 1.10 bits per heavy atom. The summed E-state index contributed by atoms with van der Waals surface area (Å²) >= 11 is 0. The van der Waals surface area contributed by atoms with Gasteiger partial charge in [0.05, 0.1) is 5.52 Å². The van der Waals surface area contributed by atoms with Crippen LogP contribution in [0.5, 0.6) is 0 Å². The van der Waals surface area contributed by atoms with Crippen molar-refractivity contribution in [1.29, 1.82) is 0 Å². The fraction of sp³-hybridized carbons (Fsp3) is 0.176. The number of hydrogen-bond acceptors (Lipinski definition) is 3. The molecule has 1 aromatic heterocycles. The average molecular weight is 277 g/mol. The van der Waals surface area contributed by atoms with Crippen LogP contribution in [-0.2, 0) is 0 Å². The van der Waals surface area contributed by atoms with Gasteiger partial charge in [-0.2, -0.15) is 4.68 Å². The van der Waals surface area contributed by atoms with Gasteiger partial charge >= 0.3 is 0 Å². The zero-order valence-electron chi connectivity index (χ0n) is 11.4. The van der Waals surface area contributed by atoms with Crippen LogP contribution in [0.1, 0.15) is 22.7 Å². The van der Waals surface area contributed by atoms with Gasteiger partial charge in [-0.1, -0.05) is 42.5 Å². The number of carbonyl (C=O) groups is 1. The third kappa shape index (κ3) is 1.91. The lowest BCUT2D eigenvalue weighted by Crippen LogP contribution is -2.15. The minimum Gasteiger partial charge on any atom is -0.382 e. The quantitative estimate of drug-likeness (QED) is 0.783. The SMILES string of the molecule is Nc1nn(C(=O)[C@H]2C[C@H]2c2ccccc2)c2ccccc12. The Morgan fingerprint density at radius 2 is 1.81 bits per heavy atom. The van der Waals surface area contributed by atoms with Crippen LogP contribution in [0.25, 0.3) is 10.9 Å². The van der Waals surface area contributed by atoms with Crippen molar-refractivity contribution in [1.82, 2.24) is 9.78 Å². The lowest BCUT2D eigenvalue weighted by Gasteiger charge is -2.02. The largest absolute Gasteiger partial charge is 0.382 e. The molecule has 2 N–H and O–H groups in total. The van der Waals surface area contributed by atoms with Gasteiger partial charge < -0.3 is 5.73 Å². The van der Waals surface area contributed by atoms with E-state index in [0.717, 1.165) is 17.3 Å². The van der Waals surface area contributed by atoms with E-state index in [9.17, 15) is 4.79 Å². The molecule has 4 rings (SSSR count). The van der Waals surface area contributed by atoms with Crippen LogP contribution in [0.15, 0.2) is 54.6 Å². The van der Waals surface area contributed by atoms with Gasteiger partial charge in [0.15, 0.2) is 5.82 Å². The molecule has 1 aliphatic rings. The maximum Gasteiger partial charge on any atom is 0.251 e. The fourth-order valence-electron chi connectivity index (χ4n) is 2.95. The van der Waals surface area contributed by atoms with Crippen molar-refractivity contribution >= 4 is 22.6 Å². The molecule has 2 atom stereocenters. The maximum atomic E-state index is 12.7. The van der Waals surface area contributed by atoms with Crippen molar-refractivity contribution in [2.75, 3.05) is 5.73 Å². The van der Waals surface area contributed by atoms with Crippen LogP contribution in [0.3, 0.4) is 0 Å². The number of nitrogens with zero attached hydrogens (tertiary/aromatic N) is 2. The minimum atomic E-state index is 0.00936. The number of anilines is 1. The number of carbonyl (C=O) groups excluding carboxylic acids is 1. The topological polar surface area (TPSA) is 60.9 Å². The number of aromatic nitrogens is 2. The Kier molecular flexibility index (Phi) is 2.57. The third-order valence-electron chi connectivity index (χ3n) is 4.16. The van der Waals surface area contributed by atoms with E-state index in [2.05, 4.69) is 17.2 Å². The second-order valence-corrected chi connectivity index (χ2v) is 5.51. The first-order valence-electron chi connectivity index (χ1n) is 7.08. The summed E-state index contributed by atoms with van der Waals surface area (Å²) in [6, 6.07) is 17.7. The number of fused-ring (bicyclic) bond motifs is 1. The second-order valence-electron chi connectivity index (χ2n) is 5.51. The van der Waals surface area contributed by atoms with Gasteiger partial charge in [-0.3, -0.25) is 4.79 Å². The smallest absolute Gasteiger partial charge is 0.251 e. The number of benzene rings is 2. The predicted octanol–water partition coefficient (Wildman–Crippen LogP) is 3.06. The number of nitrogen functional groups attached to an aromatic ring is 1. The van der Waals surface area contributed by atoms with Crippen LogP contribution < -0.4 is 5.73 Å². The summed E-state index contributed by atoms with van der Waals surface area (Å²) in [5, 5.41) is 5.06. The maximum absolute atomic E-state index is 12.7. The van der Waals surface area contributed by atoms with Gasteiger partial charge in [-0.25, -0.2) is 0 Å². The predicted molar refractivity (Wildman–Crippen MR) is 82.1 cm³/mol. The van der Waals surface area contributed by atoms with Crippen molar-refractivity contribution < 1.29 is 4.79 Å². The Bertz CT molecular complexity index is 822. The molecule has 1 heterocycles. The van der Waals surface area contributed by atoms with Gasteiger partial charge in [0.2, 0.25) is 0 Å². The highest BCUT2D eigenvalue weighted by Gasteiger charge is 2.45. The zero-order valence-corrected chi connectivity index (χ0v) is 11.4. The molecule has 3 aromatic rings. The van der Waals surface area contributed by atoms with E-state index in [1.807, 2.05) is 42.5 Å². The van der Waals surface area contributed by atoms with Crippen LogP contribution in [0.4, 0.5) is 5.82 Å². The van der Waals surface area contributed by atoms with Gasteiger partial charge in [-0.05, 0) is 30.0 Å². The van der Waals surface area contributed by atoms with Crippen molar-refractivity contribution in [3.05, 3.63) is 60.2 Å². The summed E-state index contributed by atoms with van der Waals surface area (Å²) in [5.74, 6) is 0.769. The second kappa shape index (κ2) is 4.45. The molecular formula is C17H15N3O. The van der Waals surface area contributed by atoms with E-state index in [-0.39, 0.29) is 11.8 Å². The first kappa shape index (κ1) is 12.1. The monoisotopic (exact) mass is 277 g/mol. The van der Waals surface area contributed by atoms with E-state index in [1.165, 1.54) is 10.2 Å². The lowest BCUT2D eigenvalue weighted by molar-refractivity contribution is 0.0873. The standard InChI is InChI=1S/C17H15N3O/c18-16-12-8-4-5-9-15(12)20(19-16)17(21)14-10-13(14)11-6-2-1-3-7-11/h1-9,13-14H,10H2,(H2,18,19)/t13-,14-/m0/s1. The van der Waals surface area contributed by atoms with Crippen molar-refractivity contribution in [2.24, 2.45) is 5.92 Å². The van der Waals surface area contributed by atoms with Crippen LogP contribution in [0.2, 0.25) is 0 Å². The highest BCUT2D eigenvalue weighted by Crippen LogP contribution is 2.48. The minimum absolute atomic E-state index is 0.00936. The fourth-order valence-corrected chi connectivity index (χ4v) is 2.95. The van der Waals surface area contributed by atoms with Gasteiger partial charge in [0.25, 0.3) is 5.91 Å². The highest BCUT2D eigenvalue weighted by molar-refractivity contribution is 5.98. The molecule has 0 unspecified atom stereocenters. The van der Waals surface area contributed by atoms with Gasteiger partial charge in [-0.15, -0.1) is 5.10 Å². The Hall–Kier alpha value is -2.62. The molecule has 0 amide bonds. The Morgan fingerprint density at radius 3 is 2.62 bits per heavy atom. The van der Waals surface area contributed by atoms with E-state index in [1.54, 1.807) is 0 Å². The summed E-state index contributed by atoms with van der Waals surface area (Å²) in [6.45, 7) is 0. The van der Waals surface area contributed by atoms with Gasteiger partial charge in [0, 0.05) is 11.3 Å². The summed E-state index contributed by atoms with van der Waals surface area (Å²) < 4.78 is 1.47. The molecule has 0 saturated heterocycles. The van der Waals surface area contributed by atoms with Crippen LogP contribution >= 0.6 is 0 Å². The molecule has 0 radical (unpaired) electrons. The number of para-hydroxylation sites is 1. The van der Waals surface area contributed by atoms with E-state index in [0.29, 0.717) is 11.7 Å². The van der Waals surface area contributed by atoms with Gasteiger partial charge in [0.1, 0.15) is 0 Å². The molecule has 21 heavy (non-hydrogen) atoms. The van der Waals surface area contributed by atoms with Crippen LogP contribution in [0, 0.1) is 5.92 Å². The number of hydrogen-bond donors (Lipinski definition) is 1. The Balaban J connectivity index is 1.67. The number of nitrogens with two attached hydrogens (primary N) is 1. The molecule has 1 fully saturated rings. The Labute approximate surface area is 122 Å². The lowest BCUT2D eigenvalue weighted by atomic mass is 10.1. The average Bonchev–Trinajstić information content (AvgIpc) is 3.27. The van der Waals surface area contributed by atoms with Crippen LogP contribution in [-0.4, -0.2) is 15.7 Å².